The summed E-state index contributed by atoms with van der Waals surface area (Å²) in [6.45, 7) is -0.830. The minimum absolute atomic E-state index is 0.0768. The van der Waals surface area contributed by atoms with Gasteiger partial charge in [-0.05, 0) is 4.76 Å². The highest BCUT2D eigenvalue weighted by molar-refractivity contribution is 7.80. The predicted octanol–water partition coefficient (Wildman–Crippen LogP) is -2.52. The van der Waals surface area contributed by atoms with E-state index in [1.807, 2.05) is 0 Å². The van der Waals surface area contributed by atoms with Crippen LogP contribution in [0.2, 0.25) is 0 Å². The minimum Gasteiger partial charge on any atom is -0.722 e. The van der Waals surface area contributed by atoms with Crippen molar-refractivity contribution in [2.45, 2.75) is 0 Å². The molecule has 86 valence electrons. The molecule has 0 unspecified atom stereocenters. The average Bonchev–Trinajstić information content (AvgIpc) is 2.32. The first-order chi connectivity index (χ1) is 6.81. The molecule has 15 heavy (non-hydrogen) atoms. The van der Waals surface area contributed by atoms with Gasteiger partial charge in [-0.1, -0.05) is 4.28 Å². The third-order valence-corrected chi connectivity index (χ3v) is 2.13. The van der Waals surface area contributed by atoms with E-state index in [1.165, 1.54) is 0 Å². The first-order valence-electron chi connectivity index (χ1n) is 3.79. The van der Waals surface area contributed by atoms with Gasteiger partial charge in [0.2, 0.25) is 0 Å². The van der Waals surface area contributed by atoms with Gasteiger partial charge in [-0.15, -0.1) is 0 Å². The zero-order valence-electron chi connectivity index (χ0n) is 7.50. The molecular formula is C5H10N4O5S. The van der Waals surface area contributed by atoms with Crippen LogP contribution in [0.3, 0.4) is 0 Å². The second kappa shape index (κ2) is 3.75. The number of nitrogens with zero attached hydrogens (tertiary/aromatic N) is 1. The molecule has 0 aliphatic carbocycles. The van der Waals surface area contributed by atoms with Crippen molar-refractivity contribution < 1.29 is 27.1 Å². The number of nitrogens with two attached hydrogens (primary N) is 1. The van der Waals surface area contributed by atoms with E-state index in [2.05, 4.69) is 9.71 Å². The van der Waals surface area contributed by atoms with Gasteiger partial charge in [0, 0.05) is 0 Å². The molecule has 1 atom stereocenters. The standard InChI is InChI=1S/C5H10N4O5S/c6-4-3-8-9(1-2-10,5(4)7)14-15(11,12)13/h3,7-8,10H,1-2,6H2/t9-/m1/s1. The van der Waals surface area contributed by atoms with Crippen LogP contribution in [-0.4, -0.2) is 41.8 Å². The van der Waals surface area contributed by atoms with Crippen molar-refractivity contribution in [3.05, 3.63) is 11.9 Å². The predicted molar refractivity (Wildman–Crippen MR) is 46.1 cm³/mol. The summed E-state index contributed by atoms with van der Waals surface area (Å²) < 4.78 is 34.3. The van der Waals surface area contributed by atoms with Gasteiger partial charge in [0.15, 0.2) is 6.54 Å². The van der Waals surface area contributed by atoms with Gasteiger partial charge < -0.3 is 15.4 Å². The molecule has 1 aliphatic rings. The van der Waals surface area contributed by atoms with Crippen LogP contribution in [0.25, 0.3) is 0 Å². The fourth-order valence-corrected chi connectivity index (χ4v) is 1.59. The van der Waals surface area contributed by atoms with Crippen molar-refractivity contribution in [2.24, 2.45) is 5.73 Å². The molecule has 0 bridgehead atoms. The normalized spacial score (nSPS) is 26.3. The Balaban J connectivity index is 2.97. The van der Waals surface area contributed by atoms with Crippen molar-refractivity contribution in [2.75, 3.05) is 13.2 Å². The third-order valence-electron chi connectivity index (χ3n) is 1.70. The van der Waals surface area contributed by atoms with E-state index >= 15 is 0 Å². The number of hydrogen-bond acceptors (Lipinski definition) is 8. The quantitative estimate of drug-likeness (QED) is 0.240. The largest absolute Gasteiger partial charge is 0.722 e. The Morgan fingerprint density at radius 3 is 2.67 bits per heavy atom. The summed E-state index contributed by atoms with van der Waals surface area (Å²) in [5, 5.41) is 16.1. The van der Waals surface area contributed by atoms with E-state index in [0.29, 0.717) is 0 Å². The lowest BCUT2D eigenvalue weighted by atomic mass is 10.4. The second-order valence-corrected chi connectivity index (χ2v) is 3.71. The fourth-order valence-electron chi connectivity index (χ4n) is 1.08. The smallest absolute Gasteiger partial charge is 0.305 e. The molecule has 0 radical (unpaired) electrons. The molecule has 0 aromatic rings. The van der Waals surface area contributed by atoms with Crippen molar-refractivity contribution in [3.63, 3.8) is 0 Å². The number of aliphatic hydroxyl groups is 1. The van der Waals surface area contributed by atoms with Gasteiger partial charge >= 0.3 is 5.84 Å². The Morgan fingerprint density at radius 2 is 2.33 bits per heavy atom. The summed E-state index contributed by atoms with van der Waals surface area (Å²) in [5.74, 6) is -0.455. The van der Waals surface area contributed by atoms with Crippen LogP contribution in [0.1, 0.15) is 0 Å². The number of rotatable bonds is 4. The first-order valence-corrected chi connectivity index (χ1v) is 5.13. The number of quaternary nitrogens is 1. The lowest BCUT2D eigenvalue weighted by Crippen LogP contribution is -2.59. The fraction of sp³-hybridized carbons (Fsp3) is 0.400. The maximum Gasteiger partial charge on any atom is 0.305 e. The number of hydrogen-bond donors (Lipinski definition) is 4. The average molecular weight is 238 g/mol. The molecule has 1 aliphatic heterocycles. The van der Waals surface area contributed by atoms with Gasteiger partial charge in [-0.25, -0.2) is 19.3 Å². The van der Waals surface area contributed by atoms with Crippen molar-refractivity contribution >= 4 is 16.2 Å². The van der Waals surface area contributed by atoms with Crippen molar-refractivity contribution in [1.29, 1.82) is 5.41 Å². The lowest BCUT2D eigenvalue weighted by molar-refractivity contribution is -1.04. The van der Waals surface area contributed by atoms with Crippen LogP contribution in [0.5, 0.6) is 0 Å². The highest BCUT2D eigenvalue weighted by atomic mass is 32.3. The first kappa shape index (κ1) is 11.9. The second-order valence-electron chi connectivity index (χ2n) is 2.75. The molecule has 1 heterocycles. The highest BCUT2D eigenvalue weighted by Crippen LogP contribution is 2.16. The molecule has 0 saturated heterocycles. The number of amidine groups is 1. The summed E-state index contributed by atoms with van der Waals surface area (Å²) in [4.78, 5) is 0. The molecule has 5 N–H and O–H groups in total. The molecule has 0 aromatic heterocycles. The van der Waals surface area contributed by atoms with Crippen LogP contribution in [0.4, 0.5) is 0 Å². The summed E-state index contributed by atoms with van der Waals surface area (Å²) in [7, 11) is -5.03. The van der Waals surface area contributed by atoms with E-state index in [1.54, 1.807) is 0 Å². The lowest BCUT2D eigenvalue weighted by Gasteiger charge is -2.28. The van der Waals surface area contributed by atoms with Crippen molar-refractivity contribution in [3.8, 4) is 0 Å². The van der Waals surface area contributed by atoms with Crippen molar-refractivity contribution in [1.82, 2.24) is 5.43 Å². The Morgan fingerprint density at radius 1 is 1.73 bits per heavy atom. The molecular weight excluding hydrogens is 228 g/mol. The molecule has 0 aromatic carbocycles. The summed E-state index contributed by atoms with van der Waals surface area (Å²) >= 11 is 0. The van der Waals surface area contributed by atoms with Crippen LogP contribution in [-0.2, 0) is 14.7 Å². The minimum atomic E-state index is -5.03. The summed E-state index contributed by atoms with van der Waals surface area (Å²) in [6, 6.07) is 0. The molecule has 0 fully saturated rings. The zero-order chi connectivity index (χ0) is 11.7. The molecule has 10 heteroatoms. The van der Waals surface area contributed by atoms with E-state index in [0.717, 1.165) is 6.20 Å². The van der Waals surface area contributed by atoms with Gasteiger partial charge in [0.25, 0.3) is 10.4 Å². The number of aliphatic hydroxyl groups excluding tert-OH is 1. The zero-order valence-corrected chi connectivity index (χ0v) is 8.32. The van der Waals surface area contributed by atoms with Gasteiger partial charge in [0.1, 0.15) is 5.70 Å². The van der Waals surface area contributed by atoms with Gasteiger partial charge in [-0.2, -0.15) is 0 Å². The molecule has 0 saturated carbocycles. The SMILES string of the molecule is N=C1C(N)=CN[N@+]1(CCO)OS(=O)(=O)[O-]. The molecule has 0 amide bonds. The van der Waals surface area contributed by atoms with E-state index in [9.17, 15) is 13.0 Å². The maximum absolute atomic E-state index is 10.4. The van der Waals surface area contributed by atoms with Gasteiger partial charge in [-0.3, -0.25) is 0 Å². The summed E-state index contributed by atoms with van der Waals surface area (Å²) in [5.41, 5.74) is 7.52. The third kappa shape index (κ3) is 2.43. The van der Waals surface area contributed by atoms with Gasteiger partial charge in [0.05, 0.1) is 12.8 Å². The molecule has 1 rings (SSSR count). The Hall–Kier alpha value is -1.20. The van der Waals surface area contributed by atoms with E-state index in [-0.39, 0.29) is 12.2 Å². The Labute approximate surface area is 85.7 Å². The maximum atomic E-state index is 10.4. The van der Waals surface area contributed by atoms with E-state index in [4.69, 9.17) is 16.2 Å². The Bertz CT molecular complexity index is 404. The number of nitrogens with one attached hydrogen (secondary N) is 2. The molecule has 9 nitrogen and oxygen atoms in total. The topological polar surface area (TPSA) is 149 Å². The summed E-state index contributed by atoms with van der Waals surface area (Å²) in [6.07, 6.45) is 1.11. The van der Waals surface area contributed by atoms with Crippen LogP contribution >= 0.6 is 0 Å². The van der Waals surface area contributed by atoms with Crippen LogP contribution < -0.4 is 11.2 Å². The molecule has 0 spiro atoms. The highest BCUT2D eigenvalue weighted by Gasteiger charge is 2.44. The number of hydroxylamine groups is 2. The monoisotopic (exact) mass is 238 g/mol. The van der Waals surface area contributed by atoms with Crippen LogP contribution in [0, 0.1) is 5.41 Å². The van der Waals surface area contributed by atoms with Crippen LogP contribution in [0.15, 0.2) is 11.9 Å². The Kier molecular flexibility index (Phi) is 2.97. The van der Waals surface area contributed by atoms with E-state index < -0.39 is 27.6 Å².